The molecule has 3 nitrogen and oxygen atoms in total. The van der Waals surface area contributed by atoms with E-state index in [9.17, 15) is 4.79 Å². The van der Waals surface area contributed by atoms with Gasteiger partial charge in [-0.2, -0.15) is 0 Å². The molecule has 2 aromatic rings. The van der Waals surface area contributed by atoms with Crippen LogP contribution in [0.25, 0.3) is 6.08 Å². The molecule has 102 valence electrons. The van der Waals surface area contributed by atoms with Gasteiger partial charge in [0.15, 0.2) is 0 Å². The highest BCUT2D eigenvalue weighted by Gasteiger charge is 2.09. The molecule has 0 aliphatic heterocycles. The molecule has 2 aromatic carbocycles. The fourth-order valence-corrected chi connectivity index (χ4v) is 2.21. The van der Waals surface area contributed by atoms with Crippen LogP contribution in [-0.4, -0.2) is 6.16 Å². The average Bonchev–Trinajstić information content (AvgIpc) is 2.48. The minimum Gasteiger partial charge on any atom is -0.429 e. The first-order chi connectivity index (χ1) is 9.69. The maximum absolute atomic E-state index is 11.6. The third kappa shape index (κ3) is 4.09. The maximum Gasteiger partial charge on any atom is 0.514 e. The number of hydrogen-bond donors (Lipinski definition) is 0. The van der Waals surface area contributed by atoms with Gasteiger partial charge in [-0.25, -0.2) is 4.79 Å². The molecule has 2 rings (SSSR count). The van der Waals surface area contributed by atoms with Crippen LogP contribution in [0.1, 0.15) is 11.1 Å². The zero-order valence-corrected chi connectivity index (χ0v) is 12.9. The standard InChI is InChI=1S/C16H13IO3/c1-2-12-8-9-15(14(17)10-12)20-16(18)19-11-13-6-4-3-5-7-13/h2-10H,1,11H2. The summed E-state index contributed by atoms with van der Waals surface area (Å²) in [5, 5.41) is 0. The molecule has 0 aromatic heterocycles. The highest BCUT2D eigenvalue weighted by atomic mass is 127. The van der Waals surface area contributed by atoms with E-state index in [0.717, 1.165) is 14.7 Å². The lowest BCUT2D eigenvalue weighted by molar-refractivity contribution is 0.0925. The molecule has 0 bridgehead atoms. The second kappa shape index (κ2) is 7.09. The van der Waals surface area contributed by atoms with Gasteiger partial charge >= 0.3 is 6.16 Å². The summed E-state index contributed by atoms with van der Waals surface area (Å²) >= 11 is 2.10. The molecule has 0 radical (unpaired) electrons. The topological polar surface area (TPSA) is 35.5 Å². The van der Waals surface area contributed by atoms with Gasteiger partial charge in [0.2, 0.25) is 0 Å². The Labute approximate surface area is 131 Å². The van der Waals surface area contributed by atoms with Gasteiger partial charge in [-0.3, -0.25) is 0 Å². The molecule has 0 spiro atoms. The van der Waals surface area contributed by atoms with Gasteiger partial charge in [-0.1, -0.05) is 49.1 Å². The SMILES string of the molecule is C=Cc1ccc(OC(=O)OCc2ccccc2)c(I)c1. The van der Waals surface area contributed by atoms with Crippen molar-refractivity contribution in [3.8, 4) is 5.75 Å². The van der Waals surface area contributed by atoms with Gasteiger partial charge < -0.3 is 9.47 Å². The number of rotatable bonds is 4. The zero-order chi connectivity index (χ0) is 14.4. The second-order valence-corrected chi connectivity index (χ2v) is 5.18. The van der Waals surface area contributed by atoms with Crippen molar-refractivity contribution in [3.63, 3.8) is 0 Å². The van der Waals surface area contributed by atoms with E-state index < -0.39 is 6.16 Å². The van der Waals surface area contributed by atoms with E-state index in [2.05, 4.69) is 29.2 Å². The first-order valence-corrected chi connectivity index (χ1v) is 7.07. The van der Waals surface area contributed by atoms with Crippen LogP contribution in [-0.2, 0) is 11.3 Å². The summed E-state index contributed by atoms with van der Waals surface area (Å²) in [6, 6.07) is 14.9. The van der Waals surface area contributed by atoms with Crippen LogP contribution >= 0.6 is 22.6 Å². The van der Waals surface area contributed by atoms with Crippen LogP contribution in [0.2, 0.25) is 0 Å². The van der Waals surface area contributed by atoms with Crippen molar-refractivity contribution in [2.75, 3.05) is 0 Å². The fraction of sp³-hybridized carbons (Fsp3) is 0.0625. The minimum atomic E-state index is -0.710. The quantitative estimate of drug-likeness (QED) is 0.440. The Hall–Kier alpha value is -1.82. The average molecular weight is 380 g/mol. The van der Waals surface area contributed by atoms with E-state index in [-0.39, 0.29) is 6.61 Å². The van der Waals surface area contributed by atoms with Gasteiger partial charge in [0, 0.05) is 0 Å². The molecule has 0 atom stereocenters. The van der Waals surface area contributed by atoms with E-state index in [1.165, 1.54) is 0 Å². The summed E-state index contributed by atoms with van der Waals surface area (Å²) < 4.78 is 11.1. The van der Waals surface area contributed by atoms with E-state index >= 15 is 0 Å². The molecule has 0 saturated carbocycles. The largest absolute Gasteiger partial charge is 0.514 e. The molecule has 0 N–H and O–H groups in total. The smallest absolute Gasteiger partial charge is 0.429 e. The Balaban J connectivity index is 1.93. The van der Waals surface area contributed by atoms with Crippen molar-refractivity contribution in [1.82, 2.24) is 0 Å². The number of halogens is 1. The Bertz CT molecular complexity index is 608. The van der Waals surface area contributed by atoms with Gasteiger partial charge in [0.1, 0.15) is 12.4 Å². The third-order valence-corrected chi connectivity index (χ3v) is 3.43. The monoisotopic (exact) mass is 380 g/mol. The summed E-state index contributed by atoms with van der Waals surface area (Å²) in [4.78, 5) is 11.6. The summed E-state index contributed by atoms with van der Waals surface area (Å²) in [6.07, 6.45) is 1.03. The Morgan fingerprint density at radius 3 is 2.60 bits per heavy atom. The molecule has 20 heavy (non-hydrogen) atoms. The lowest BCUT2D eigenvalue weighted by atomic mass is 10.2. The van der Waals surface area contributed by atoms with Crippen LogP contribution in [0.5, 0.6) is 5.75 Å². The molecule has 0 unspecified atom stereocenters. The van der Waals surface area contributed by atoms with Gasteiger partial charge in [0.25, 0.3) is 0 Å². The van der Waals surface area contributed by atoms with Gasteiger partial charge in [-0.05, 0) is 45.9 Å². The van der Waals surface area contributed by atoms with Crippen LogP contribution in [0.3, 0.4) is 0 Å². The van der Waals surface area contributed by atoms with Crippen molar-refractivity contribution in [2.45, 2.75) is 6.61 Å². The molecule has 0 heterocycles. The predicted octanol–water partition coefficient (Wildman–Crippen LogP) is 4.65. The van der Waals surface area contributed by atoms with E-state index in [1.807, 2.05) is 42.5 Å². The highest BCUT2D eigenvalue weighted by molar-refractivity contribution is 14.1. The van der Waals surface area contributed by atoms with Crippen molar-refractivity contribution >= 4 is 34.8 Å². The fourth-order valence-electron chi connectivity index (χ4n) is 1.56. The normalized spacial score (nSPS) is 9.85. The molecule has 0 aliphatic rings. The number of benzene rings is 2. The van der Waals surface area contributed by atoms with E-state index in [4.69, 9.17) is 9.47 Å². The number of carbonyl (C=O) groups is 1. The van der Waals surface area contributed by atoms with E-state index in [0.29, 0.717) is 5.75 Å². The number of hydrogen-bond acceptors (Lipinski definition) is 3. The highest BCUT2D eigenvalue weighted by Crippen LogP contribution is 2.23. The Morgan fingerprint density at radius 2 is 1.95 bits per heavy atom. The van der Waals surface area contributed by atoms with Crippen LogP contribution in [0.15, 0.2) is 55.1 Å². The summed E-state index contributed by atoms with van der Waals surface area (Å²) in [6.45, 7) is 3.89. The Morgan fingerprint density at radius 1 is 1.20 bits per heavy atom. The summed E-state index contributed by atoms with van der Waals surface area (Å²) in [5.74, 6) is 0.481. The molecule has 4 heteroatoms. The van der Waals surface area contributed by atoms with Crippen LogP contribution in [0, 0.1) is 3.57 Å². The first-order valence-electron chi connectivity index (χ1n) is 5.99. The molecule has 0 saturated heterocycles. The number of ether oxygens (including phenoxy) is 2. The zero-order valence-electron chi connectivity index (χ0n) is 10.7. The second-order valence-electron chi connectivity index (χ2n) is 4.02. The lowest BCUT2D eigenvalue weighted by Crippen LogP contribution is -2.11. The summed E-state index contributed by atoms with van der Waals surface area (Å²) in [7, 11) is 0. The van der Waals surface area contributed by atoms with Gasteiger partial charge in [-0.15, -0.1) is 0 Å². The van der Waals surface area contributed by atoms with E-state index in [1.54, 1.807) is 12.1 Å². The van der Waals surface area contributed by atoms with Crippen molar-refractivity contribution < 1.29 is 14.3 Å². The van der Waals surface area contributed by atoms with Crippen molar-refractivity contribution in [2.24, 2.45) is 0 Å². The molecular formula is C16H13IO3. The molecular weight excluding hydrogens is 367 g/mol. The molecule has 0 aliphatic carbocycles. The van der Waals surface area contributed by atoms with Gasteiger partial charge in [0.05, 0.1) is 3.57 Å². The van der Waals surface area contributed by atoms with Crippen LogP contribution in [0.4, 0.5) is 4.79 Å². The minimum absolute atomic E-state index is 0.195. The predicted molar refractivity (Wildman–Crippen MR) is 86.5 cm³/mol. The maximum atomic E-state index is 11.6. The Kier molecular flexibility index (Phi) is 5.17. The van der Waals surface area contributed by atoms with Crippen LogP contribution < -0.4 is 4.74 Å². The molecule has 0 amide bonds. The number of carbonyl (C=O) groups excluding carboxylic acids is 1. The van der Waals surface area contributed by atoms with Crippen molar-refractivity contribution in [3.05, 3.63) is 69.8 Å². The lowest BCUT2D eigenvalue weighted by Gasteiger charge is -2.08. The third-order valence-electron chi connectivity index (χ3n) is 2.58. The van der Waals surface area contributed by atoms with Crippen molar-refractivity contribution in [1.29, 1.82) is 0 Å². The molecule has 0 fully saturated rings. The first kappa shape index (κ1) is 14.6. The summed E-state index contributed by atoms with van der Waals surface area (Å²) in [5.41, 5.74) is 1.89.